The molecule has 0 radical (unpaired) electrons. The number of hydrogen-bond donors (Lipinski definition) is 3. The average molecular weight is 941 g/mol. The molecule has 0 heterocycles. The Balaban J connectivity index is 4.56. The van der Waals surface area contributed by atoms with Crippen LogP contribution in [0.3, 0.4) is 0 Å². The van der Waals surface area contributed by atoms with E-state index in [1.54, 1.807) is 0 Å². The van der Waals surface area contributed by atoms with Crippen molar-refractivity contribution in [3.8, 4) is 0 Å². The Morgan fingerprint density at radius 2 is 0.806 bits per heavy atom. The van der Waals surface area contributed by atoms with E-state index in [0.29, 0.717) is 19.3 Å². The van der Waals surface area contributed by atoms with Crippen LogP contribution in [0.5, 0.6) is 0 Å². The molecule has 0 aromatic heterocycles. The highest BCUT2D eigenvalue weighted by molar-refractivity contribution is 5.77. The quantitative estimate of drug-likeness (QED) is 0.0321. The van der Waals surface area contributed by atoms with Crippen molar-refractivity contribution in [3.05, 3.63) is 48.6 Å². The van der Waals surface area contributed by atoms with Crippen molar-refractivity contribution in [2.45, 2.75) is 322 Å². The summed E-state index contributed by atoms with van der Waals surface area (Å²) in [5.74, 6) is -0.496. The first-order valence-electron chi connectivity index (χ1n) is 29.4. The molecule has 0 saturated carbocycles. The zero-order valence-corrected chi connectivity index (χ0v) is 44.8. The first kappa shape index (κ1) is 64.8. The molecule has 0 bridgehead atoms. The number of aliphatic hydroxyl groups excluding tert-OH is 2. The monoisotopic (exact) mass is 940 g/mol. The maximum atomic E-state index is 13.3. The summed E-state index contributed by atoms with van der Waals surface area (Å²) in [6, 6.07) is -0.708. The third-order valence-corrected chi connectivity index (χ3v) is 13.4. The average Bonchev–Trinajstić information content (AvgIpc) is 3.32. The van der Waals surface area contributed by atoms with Gasteiger partial charge in [0.1, 0.15) is 6.10 Å². The molecule has 67 heavy (non-hydrogen) atoms. The van der Waals surface area contributed by atoms with Crippen molar-refractivity contribution in [2.75, 3.05) is 6.61 Å². The van der Waals surface area contributed by atoms with Gasteiger partial charge in [0.05, 0.1) is 25.2 Å². The molecule has 0 aromatic rings. The molecule has 0 aliphatic rings. The fourth-order valence-electron chi connectivity index (χ4n) is 9.01. The summed E-state index contributed by atoms with van der Waals surface area (Å²) in [4.78, 5) is 26.3. The van der Waals surface area contributed by atoms with Gasteiger partial charge in [-0.1, -0.05) is 275 Å². The van der Waals surface area contributed by atoms with Gasteiger partial charge in [-0.3, -0.25) is 9.59 Å². The number of ether oxygens (including phenoxy) is 1. The molecule has 3 atom stereocenters. The molecule has 6 heteroatoms. The predicted octanol–water partition coefficient (Wildman–Crippen LogP) is 18.2. The minimum absolute atomic E-state index is 0.0680. The maximum Gasteiger partial charge on any atom is 0.306 e. The Morgan fingerprint density at radius 1 is 0.448 bits per heavy atom. The summed E-state index contributed by atoms with van der Waals surface area (Å²) in [6.45, 7) is 6.40. The van der Waals surface area contributed by atoms with Gasteiger partial charge in [0.2, 0.25) is 5.91 Å². The van der Waals surface area contributed by atoms with Crippen LogP contribution in [-0.4, -0.2) is 46.9 Å². The predicted molar refractivity (Wildman–Crippen MR) is 292 cm³/mol. The third-order valence-electron chi connectivity index (χ3n) is 13.4. The van der Waals surface area contributed by atoms with Crippen LogP contribution in [0.1, 0.15) is 303 Å². The smallest absolute Gasteiger partial charge is 0.306 e. The minimum atomic E-state index is -0.793. The van der Waals surface area contributed by atoms with Crippen molar-refractivity contribution in [2.24, 2.45) is 0 Å². The van der Waals surface area contributed by atoms with E-state index in [1.165, 1.54) is 180 Å². The number of nitrogens with one attached hydrogen (secondary N) is 1. The molecule has 0 spiro atoms. The summed E-state index contributed by atoms with van der Waals surface area (Å²) in [5, 5.41) is 23.9. The molecule has 1 amide bonds. The summed E-state index contributed by atoms with van der Waals surface area (Å²) < 4.78 is 5.95. The summed E-state index contributed by atoms with van der Waals surface area (Å²) >= 11 is 0. The second-order valence-corrected chi connectivity index (χ2v) is 20.0. The number of aliphatic hydroxyl groups is 2. The van der Waals surface area contributed by atoms with Crippen LogP contribution in [0, 0.1) is 0 Å². The van der Waals surface area contributed by atoms with Crippen molar-refractivity contribution in [1.29, 1.82) is 0 Å². The van der Waals surface area contributed by atoms with Gasteiger partial charge >= 0.3 is 5.97 Å². The molecule has 0 aromatic carbocycles. The summed E-state index contributed by atoms with van der Waals surface area (Å²) in [5.41, 5.74) is 0. The Labute approximate surface area is 416 Å². The Hall–Kier alpha value is -2.18. The summed E-state index contributed by atoms with van der Waals surface area (Å²) in [6.07, 6.45) is 67.5. The van der Waals surface area contributed by atoms with E-state index in [-0.39, 0.29) is 24.9 Å². The lowest BCUT2D eigenvalue weighted by atomic mass is 10.0. The van der Waals surface area contributed by atoms with E-state index >= 15 is 0 Å². The molecule has 0 saturated heterocycles. The van der Waals surface area contributed by atoms with E-state index < -0.39 is 18.2 Å². The largest absolute Gasteiger partial charge is 0.462 e. The number of hydrogen-bond acceptors (Lipinski definition) is 5. The SMILES string of the molecule is CC/C=C/C/C=C/C/C=C/C/C=C/CCCCCC(=O)OC(CCCCCCCCCCCCCCCCC)CC(=O)NC(CO)C(O)CCCCCCCCCCCCCCCCCCC. The van der Waals surface area contributed by atoms with Crippen LogP contribution >= 0.6 is 0 Å². The van der Waals surface area contributed by atoms with E-state index in [4.69, 9.17) is 4.74 Å². The van der Waals surface area contributed by atoms with Crippen LogP contribution in [-0.2, 0) is 14.3 Å². The van der Waals surface area contributed by atoms with Crippen LogP contribution < -0.4 is 5.32 Å². The highest BCUT2D eigenvalue weighted by Gasteiger charge is 2.24. The second kappa shape index (κ2) is 54.8. The third kappa shape index (κ3) is 50.0. The minimum Gasteiger partial charge on any atom is -0.462 e. The molecule has 0 fully saturated rings. The van der Waals surface area contributed by atoms with E-state index in [2.05, 4.69) is 74.7 Å². The van der Waals surface area contributed by atoms with Crippen LogP contribution in [0.2, 0.25) is 0 Å². The van der Waals surface area contributed by atoms with E-state index in [0.717, 1.165) is 77.0 Å². The molecule has 0 aliphatic heterocycles. The van der Waals surface area contributed by atoms with Gasteiger partial charge in [-0.15, -0.1) is 0 Å². The number of rotatable bonds is 53. The highest BCUT2D eigenvalue weighted by atomic mass is 16.5. The molecule has 0 aliphatic carbocycles. The first-order valence-corrected chi connectivity index (χ1v) is 29.4. The van der Waals surface area contributed by atoms with E-state index in [9.17, 15) is 19.8 Å². The van der Waals surface area contributed by atoms with Crippen molar-refractivity contribution in [1.82, 2.24) is 5.32 Å². The van der Waals surface area contributed by atoms with Gasteiger partial charge in [-0.25, -0.2) is 0 Å². The fourth-order valence-corrected chi connectivity index (χ4v) is 9.01. The number of amides is 1. The summed E-state index contributed by atoms with van der Waals surface area (Å²) in [7, 11) is 0. The van der Waals surface area contributed by atoms with Gasteiger partial charge in [0.25, 0.3) is 0 Å². The zero-order valence-electron chi connectivity index (χ0n) is 44.8. The van der Waals surface area contributed by atoms with Crippen molar-refractivity contribution >= 4 is 11.9 Å². The van der Waals surface area contributed by atoms with Gasteiger partial charge in [-0.05, 0) is 64.2 Å². The normalized spacial score (nSPS) is 13.4. The number of unbranched alkanes of at least 4 members (excludes halogenated alkanes) is 33. The number of carbonyl (C=O) groups is 2. The lowest BCUT2D eigenvalue weighted by Crippen LogP contribution is -2.46. The van der Waals surface area contributed by atoms with Gasteiger partial charge in [-0.2, -0.15) is 0 Å². The van der Waals surface area contributed by atoms with Crippen molar-refractivity contribution < 1.29 is 24.5 Å². The standard InChI is InChI=1S/C61H113NO5/c1-4-7-10-13-16-19-22-25-28-30-32-35-38-41-44-47-50-53-59(64)58(56-63)62-60(65)55-57(52-49-46-43-40-37-34-31-27-24-21-18-15-12-9-6-3)67-61(66)54-51-48-45-42-39-36-33-29-26-23-20-17-14-11-8-5-2/h8,11,17,20,26,29,36,39,57-59,63-64H,4-7,9-10,12-16,18-19,21-25,27-28,30-35,37-38,40-56H2,1-3H3,(H,62,65)/b11-8+,20-17+,29-26+,39-36+. The number of esters is 1. The van der Waals surface area contributed by atoms with Crippen LogP contribution in [0.4, 0.5) is 0 Å². The van der Waals surface area contributed by atoms with Crippen molar-refractivity contribution in [3.63, 3.8) is 0 Å². The van der Waals surface area contributed by atoms with E-state index in [1.807, 2.05) is 0 Å². The Bertz CT molecular complexity index is 1150. The maximum absolute atomic E-state index is 13.3. The van der Waals surface area contributed by atoms with Crippen LogP contribution in [0.25, 0.3) is 0 Å². The first-order chi connectivity index (χ1) is 33.0. The molecule has 3 N–H and O–H groups in total. The topological polar surface area (TPSA) is 95.9 Å². The van der Waals surface area contributed by atoms with Gasteiger partial charge in [0.15, 0.2) is 0 Å². The fraction of sp³-hybridized carbons (Fsp3) is 0.836. The molecule has 0 rings (SSSR count). The van der Waals surface area contributed by atoms with Crippen LogP contribution in [0.15, 0.2) is 48.6 Å². The molecular weight excluding hydrogens is 827 g/mol. The molecular formula is C61H113NO5. The Kier molecular flexibility index (Phi) is 53.0. The molecule has 392 valence electrons. The lowest BCUT2D eigenvalue weighted by molar-refractivity contribution is -0.151. The Morgan fingerprint density at radius 3 is 1.21 bits per heavy atom. The second-order valence-electron chi connectivity index (χ2n) is 20.0. The molecule has 3 unspecified atom stereocenters. The lowest BCUT2D eigenvalue weighted by Gasteiger charge is -2.24. The number of carbonyl (C=O) groups excluding carboxylic acids is 2. The van der Waals surface area contributed by atoms with Gasteiger partial charge < -0.3 is 20.3 Å². The number of allylic oxidation sites excluding steroid dienone is 8. The zero-order chi connectivity index (χ0) is 48.8. The highest BCUT2D eigenvalue weighted by Crippen LogP contribution is 2.19. The molecule has 6 nitrogen and oxygen atoms in total. The van der Waals surface area contributed by atoms with Gasteiger partial charge in [0, 0.05) is 6.42 Å².